The Bertz CT molecular complexity index is 182. The van der Waals surface area contributed by atoms with E-state index in [4.69, 9.17) is 20.4 Å². The van der Waals surface area contributed by atoms with E-state index in [1.165, 1.54) is 6.92 Å². The molecule has 90 valence electrons. The van der Waals surface area contributed by atoms with Crippen LogP contribution in [0.5, 0.6) is 0 Å². The number of carbonyl (C=O) groups excluding carboxylic acids is 2. The van der Waals surface area contributed by atoms with E-state index in [2.05, 4.69) is 5.73 Å². The summed E-state index contributed by atoms with van der Waals surface area (Å²) in [5.74, 6) is -0.333. The standard InChI is InChI=1S/C6H12O5.C2H5NO/c7-2-1-4(9)6(11)5(10)3-8;1-2(3)4/h2,4-6,8-11H,1,3H2;1H3,(H2,3,4)/t4-,5-,6-;/m1./s1. The van der Waals surface area contributed by atoms with Gasteiger partial charge in [-0.3, -0.25) is 4.79 Å². The molecule has 7 nitrogen and oxygen atoms in total. The van der Waals surface area contributed by atoms with Gasteiger partial charge in [0.2, 0.25) is 5.91 Å². The van der Waals surface area contributed by atoms with E-state index < -0.39 is 24.9 Å². The Morgan fingerprint density at radius 1 is 1.33 bits per heavy atom. The van der Waals surface area contributed by atoms with Gasteiger partial charge in [0.1, 0.15) is 18.5 Å². The molecule has 0 fully saturated rings. The van der Waals surface area contributed by atoms with Crippen LogP contribution in [0.1, 0.15) is 13.3 Å². The van der Waals surface area contributed by atoms with Gasteiger partial charge >= 0.3 is 0 Å². The minimum Gasteiger partial charge on any atom is -0.394 e. The Hall–Kier alpha value is -1.02. The average molecular weight is 223 g/mol. The molecule has 0 saturated carbocycles. The van der Waals surface area contributed by atoms with Gasteiger partial charge in [-0.1, -0.05) is 0 Å². The highest BCUT2D eigenvalue weighted by Gasteiger charge is 2.23. The van der Waals surface area contributed by atoms with Crippen LogP contribution in [0.4, 0.5) is 0 Å². The third-order valence-electron chi connectivity index (χ3n) is 1.31. The first-order chi connectivity index (χ1) is 6.86. The Morgan fingerprint density at radius 2 is 1.73 bits per heavy atom. The highest BCUT2D eigenvalue weighted by atomic mass is 16.4. The lowest BCUT2D eigenvalue weighted by Crippen LogP contribution is -2.39. The van der Waals surface area contributed by atoms with Crippen LogP contribution in [-0.2, 0) is 9.59 Å². The normalized spacial score (nSPS) is 15.5. The van der Waals surface area contributed by atoms with Gasteiger partial charge in [0, 0.05) is 13.3 Å². The third-order valence-corrected chi connectivity index (χ3v) is 1.31. The third kappa shape index (κ3) is 10.9. The summed E-state index contributed by atoms with van der Waals surface area (Å²) in [6.07, 6.45) is -4.00. The zero-order chi connectivity index (χ0) is 12.4. The van der Waals surface area contributed by atoms with Crippen LogP contribution in [0.3, 0.4) is 0 Å². The van der Waals surface area contributed by atoms with E-state index in [0.29, 0.717) is 6.29 Å². The van der Waals surface area contributed by atoms with E-state index in [9.17, 15) is 9.59 Å². The van der Waals surface area contributed by atoms with Crippen molar-refractivity contribution in [3.05, 3.63) is 0 Å². The molecule has 0 aromatic heterocycles. The summed E-state index contributed by atoms with van der Waals surface area (Å²) in [4.78, 5) is 19.0. The number of rotatable bonds is 5. The van der Waals surface area contributed by atoms with Crippen molar-refractivity contribution in [1.82, 2.24) is 0 Å². The molecule has 0 aliphatic heterocycles. The Kier molecular flexibility index (Phi) is 10.4. The average Bonchev–Trinajstić information content (AvgIpc) is 2.15. The monoisotopic (exact) mass is 223 g/mol. The van der Waals surface area contributed by atoms with Crippen molar-refractivity contribution >= 4 is 12.2 Å². The molecule has 0 radical (unpaired) electrons. The van der Waals surface area contributed by atoms with Crippen LogP contribution in [0.2, 0.25) is 0 Å². The van der Waals surface area contributed by atoms with Gasteiger partial charge in [-0.25, -0.2) is 0 Å². The molecule has 0 rings (SSSR count). The molecule has 0 heterocycles. The summed E-state index contributed by atoms with van der Waals surface area (Å²) in [6, 6.07) is 0. The highest BCUT2D eigenvalue weighted by Crippen LogP contribution is 2.01. The van der Waals surface area contributed by atoms with Crippen LogP contribution in [0, 0.1) is 0 Å². The zero-order valence-electron chi connectivity index (χ0n) is 8.41. The molecule has 0 saturated heterocycles. The maximum Gasteiger partial charge on any atom is 0.214 e. The Labute approximate surface area is 87.1 Å². The van der Waals surface area contributed by atoms with Crippen LogP contribution < -0.4 is 5.73 Å². The number of carbonyl (C=O) groups is 2. The fourth-order valence-corrected chi connectivity index (χ4v) is 0.602. The van der Waals surface area contributed by atoms with Gasteiger partial charge in [-0.15, -0.1) is 0 Å². The zero-order valence-corrected chi connectivity index (χ0v) is 8.41. The predicted molar refractivity (Wildman–Crippen MR) is 50.7 cm³/mol. The molecule has 0 bridgehead atoms. The van der Waals surface area contributed by atoms with Crippen molar-refractivity contribution in [3.8, 4) is 0 Å². The number of aliphatic hydroxyl groups is 4. The van der Waals surface area contributed by atoms with Crippen molar-refractivity contribution in [3.63, 3.8) is 0 Å². The van der Waals surface area contributed by atoms with Crippen LogP contribution in [-0.4, -0.2) is 57.5 Å². The van der Waals surface area contributed by atoms with Gasteiger partial charge in [-0.2, -0.15) is 0 Å². The maximum absolute atomic E-state index is 9.82. The van der Waals surface area contributed by atoms with E-state index >= 15 is 0 Å². The van der Waals surface area contributed by atoms with Crippen molar-refractivity contribution in [1.29, 1.82) is 0 Å². The first-order valence-electron chi connectivity index (χ1n) is 4.21. The van der Waals surface area contributed by atoms with E-state index in [0.717, 1.165) is 0 Å². The lowest BCUT2D eigenvalue weighted by molar-refractivity contribution is -0.116. The second-order valence-electron chi connectivity index (χ2n) is 2.82. The molecule has 0 aromatic carbocycles. The number of amides is 1. The minimum absolute atomic E-state index is 0.252. The minimum atomic E-state index is -1.47. The molecule has 1 amide bonds. The van der Waals surface area contributed by atoms with Crippen molar-refractivity contribution in [2.75, 3.05) is 6.61 Å². The number of hydrogen-bond acceptors (Lipinski definition) is 6. The smallest absolute Gasteiger partial charge is 0.214 e. The summed E-state index contributed by atoms with van der Waals surface area (Å²) in [6.45, 7) is 0.664. The van der Waals surface area contributed by atoms with Crippen LogP contribution in [0.15, 0.2) is 0 Å². The maximum atomic E-state index is 9.82. The van der Waals surface area contributed by atoms with E-state index in [1.54, 1.807) is 0 Å². The number of primary amides is 1. The molecular formula is C8H17NO6. The number of hydrogen-bond donors (Lipinski definition) is 5. The molecule has 6 N–H and O–H groups in total. The number of nitrogens with two attached hydrogens (primary N) is 1. The summed E-state index contributed by atoms with van der Waals surface area (Å²) >= 11 is 0. The Balaban J connectivity index is 0. The SMILES string of the molecule is CC(N)=O.O=CC[C@@H](O)[C@@H](O)[C@H](O)CO. The lowest BCUT2D eigenvalue weighted by atomic mass is 10.1. The van der Waals surface area contributed by atoms with Gasteiger partial charge < -0.3 is 31.0 Å². The second-order valence-corrected chi connectivity index (χ2v) is 2.82. The lowest BCUT2D eigenvalue weighted by Gasteiger charge is -2.19. The molecular weight excluding hydrogens is 206 g/mol. The van der Waals surface area contributed by atoms with Gasteiger partial charge in [0.05, 0.1) is 12.7 Å². The molecule has 15 heavy (non-hydrogen) atoms. The number of aliphatic hydroxyl groups excluding tert-OH is 4. The molecule has 0 spiro atoms. The number of aldehydes is 1. The molecule has 3 atom stereocenters. The predicted octanol–water partition coefficient (Wildman–Crippen LogP) is -2.86. The molecule has 0 aliphatic carbocycles. The summed E-state index contributed by atoms with van der Waals surface area (Å²) in [7, 11) is 0. The Morgan fingerprint density at radius 3 is 2.00 bits per heavy atom. The molecule has 0 aromatic rings. The van der Waals surface area contributed by atoms with E-state index in [1.807, 2.05) is 0 Å². The second kappa shape index (κ2) is 9.53. The molecule has 0 unspecified atom stereocenters. The van der Waals surface area contributed by atoms with Crippen molar-refractivity contribution < 1.29 is 30.0 Å². The first kappa shape index (κ1) is 16.4. The summed E-state index contributed by atoms with van der Waals surface area (Å²) < 4.78 is 0. The van der Waals surface area contributed by atoms with Crippen LogP contribution >= 0.6 is 0 Å². The first-order valence-corrected chi connectivity index (χ1v) is 4.21. The van der Waals surface area contributed by atoms with E-state index in [-0.39, 0.29) is 12.3 Å². The van der Waals surface area contributed by atoms with Gasteiger partial charge in [0.25, 0.3) is 0 Å². The quantitative estimate of drug-likeness (QED) is 0.317. The fourth-order valence-electron chi connectivity index (χ4n) is 0.602. The summed E-state index contributed by atoms with van der Waals surface area (Å²) in [5, 5.41) is 34.8. The van der Waals surface area contributed by atoms with Gasteiger partial charge in [-0.05, 0) is 0 Å². The summed E-state index contributed by atoms with van der Waals surface area (Å²) in [5.41, 5.74) is 4.47. The van der Waals surface area contributed by atoms with Crippen molar-refractivity contribution in [2.45, 2.75) is 31.7 Å². The van der Waals surface area contributed by atoms with Crippen LogP contribution in [0.25, 0.3) is 0 Å². The molecule has 7 heteroatoms. The largest absolute Gasteiger partial charge is 0.394 e. The van der Waals surface area contributed by atoms with Crippen molar-refractivity contribution in [2.24, 2.45) is 5.73 Å². The topological polar surface area (TPSA) is 141 Å². The highest BCUT2D eigenvalue weighted by molar-refractivity contribution is 5.70. The fraction of sp³-hybridized carbons (Fsp3) is 0.750. The molecule has 0 aliphatic rings. The van der Waals surface area contributed by atoms with Gasteiger partial charge in [0.15, 0.2) is 0 Å².